The van der Waals surface area contributed by atoms with Crippen LogP contribution in [0.1, 0.15) is 47.2 Å². The van der Waals surface area contributed by atoms with E-state index < -0.39 is 0 Å². The number of hydrogen-bond acceptors (Lipinski definition) is 6. The number of H-pyrrole nitrogens is 1. The predicted octanol–water partition coefficient (Wildman–Crippen LogP) is 8.41. The summed E-state index contributed by atoms with van der Waals surface area (Å²) in [5, 5.41) is 14.6. The number of hydrogen-bond donors (Lipinski definition) is 3. The van der Waals surface area contributed by atoms with Gasteiger partial charge in [-0.05, 0) is 72.9 Å². The number of benzene rings is 3. The first-order chi connectivity index (χ1) is 22.4. The smallest absolute Gasteiger partial charge is 0.149 e. The second-order valence-electron chi connectivity index (χ2n) is 12.0. The Morgan fingerprint density at radius 3 is 2.30 bits per heavy atom. The molecular weight excluding hydrogens is 568 g/mol. The van der Waals surface area contributed by atoms with Crippen molar-refractivity contribution in [3.05, 3.63) is 132 Å². The lowest BCUT2D eigenvalue weighted by Gasteiger charge is -2.39. The Morgan fingerprint density at radius 1 is 0.870 bits per heavy atom. The Bertz CT molecular complexity index is 1810. The van der Waals surface area contributed by atoms with Crippen LogP contribution in [0.25, 0.3) is 22.5 Å². The van der Waals surface area contributed by atoms with Crippen LogP contribution in [-0.2, 0) is 13.0 Å². The number of aromatic nitrogens is 2. The van der Waals surface area contributed by atoms with Gasteiger partial charge < -0.3 is 24.9 Å². The molecule has 0 bridgehead atoms. The molecule has 3 aromatic carbocycles. The van der Waals surface area contributed by atoms with Crippen LogP contribution in [-0.4, -0.2) is 36.4 Å². The maximum Gasteiger partial charge on any atom is 0.149 e. The normalized spacial score (nSPS) is 13.1. The van der Waals surface area contributed by atoms with E-state index in [1.54, 1.807) is 0 Å². The van der Waals surface area contributed by atoms with E-state index >= 15 is 0 Å². The van der Waals surface area contributed by atoms with Gasteiger partial charge in [-0.1, -0.05) is 75.0 Å². The van der Waals surface area contributed by atoms with Crippen molar-refractivity contribution >= 4 is 28.5 Å². The number of aromatic amines is 1. The molecule has 3 heterocycles. The Labute approximate surface area is 272 Å². The van der Waals surface area contributed by atoms with Gasteiger partial charge in [0.05, 0.1) is 35.5 Å². The van der Waals surface area contributed by atoms with Crippen molar-refractivity contribution in [3.8, 4) is 11.1 Å². The van der Waals surface area contributed by atoms with Crippen LogP contribution < -0.4 is 20.4 Å². The SMILES string of the molecule is C=C(NCc1[nH]ncc1-c1ccc(CCC)cc1)c1ccc(N2CCN(c3ccccc3C)CC2)c(NC(=C)c2ccc(C)o2)c1. The van der Waals surface area contributed by atoms with E-state index in [0.29, 0.717) is 6.54 Å². The van der Waals surface area contributed by atoms with Gasteiger partial charge in [-0.2, -0.15) is 5.10 Å². The number of furan rings is 1. The summed E-state index contributed by atoms with van der Waals surface area (Å²) in [5.74, 6) is 1.58. The van der Waals surface area contributed by atoms with E-state index in [1.807, 2.05) is 25.3 Å². The minimum absolute atomic E-state index is 0.578. The molecule has 236 valence electrons. The molecule has 46 heavy (non-hydrogen) atoms. The zero-order valence-corrected chi connectivity index (χ0v) is 27.2. The summed E-state index contributed by atoms with van der Waals surface area (Å²) in [4.78, 5) is 4.92. The Morgan fingerprint density at radius 2 is 1.61 bits per heavy atom. The van der Waals surface area contributed by atoms with E-state index in [9.17, 15) is 0 Å². The fourth-order valence-corrected chi connectivity index (χ4v) is 6.16. The number of aryl methyl sites for hydroxylation is 3. The Kier molecular flexibility index (Phi) is 9.29. The van der Waals surface area contributed by atoms with Gasteiger partial charge in [0.1, 0.15) is 11.5 Å². The highest BCUT2D eigenvalue weighted by Crippen LogP contribution is 2.34. The first kappa shape index (κ1) is 30.8. The van der Waals surface area contributed by atoms with Crippen molar-refractivity contribution < 1.29 is 4.42 Å². The highest BCUT2D eigenvalue weighted by molar-refractivity contribution is 5.84. The van der Waals surface area contributed by atoms with Gasteiger partial charge in [-0.15, -0.1) is 0 Å². The molecule has 0 amide bonds. The Hall–Kier alpha value is -5.17. The number of rotatable bonds is 12. The van der Waals surface area contributed by atoms with Gasteiger partial charge >= 0.3 is 0 Å². The van der Waals surface area contributed by atoms with Crippen LogP contribution in [0, 0.1) is 13.8 Å². The molecule has 1 saturated heterocycles. The van der Waals surface area contributed by atoms with E-state index in [0.717, 1.165) is 95.7 Å². The predicted molar refractivity (Wildman–Crippen MR) is 192 cm³/mol. The van der Waals surface area contributed by atoms with E-state index in [1.165, 1.54) is 16.8 Å². The minimum Gasteiger partial charge on any atom is -0.460 e. The third-order valence-electron chi connectivity index (χ3n) is 8.75. The molecule has 0 radical (unpaired) electrons. The summed E-state index contributed by atoms with van der Waals surface area (Å²) < 4.78 is 5.88. The molecule has 6 rings (SSSR count). The zero-order chi connectivity index (χ0) is 32.0. The van der Waals surface area contributed by atoms with Crippen LogP contribution in [0.3, 0.4) is 0 Å². The van der Waals surface area contributed by atoms with Crippen molar-refractivity contribution in [2.45, 2.75) is 40.2 Å². The molecule has 1 fully saturated rings. The van der Waals surface area contributed by atoms with Gasteiger partial charge in [0.2, 0.25) is 0 Å². The van der Waals surface area contributed by atoms with Crippen LogP contribution in [0.5, 0.6) is 0 Å². The third-order valence-corrected chi connectivity index (χ3v) is 8.75. The quantitative estimate of drug-likeness (QED) is 0.131. The molecule has 0 saturated carbocycles. The lowest BCUT2D eigenvalue weighted by atomic mass is 10.0. The van der Waals surface area contributed by atoms with Crippen LogP contribution in [0.4, 0.5) is 17.1 Å². The van der Waals surface area contributed by atoms with E-state index in [-0.39, 0.29) is 0 Å². The number of nitrogens with zero attached hydrogens (tertiary/aromatic N) is 3. The molecule has 5 aromatic rings. The average molecular weight is 613 g/mol. The molecule has 0 atom stereocenters. The monoisotopic (exact) mass is 612 g/mol. The average Bonchev–Trinajstić information content (AvgIpc) is 3.74. The number of para-hydroxylation sites is 1. The van der Waals surface area contributed by atoms with Gasteiger partial charge in [0, 0.05) is 43.1 Å². The Balaban J connectivity index is 1.19. The van der Waals surface area contributed by atoms with Crippen molar-refractivity contribution in [1.82, 2.24) is 15.5 Å². The molecule has 2 aromatic heterocycles. The number of anilines is 3. The van der Waals surface area contributed by atoms with Crippen LogP contribution >= 0.6 is 0 Å². The van der Waals surface area contributed by atoms with Gasteiger partial charge in [0.15, 0.2) is 0 Å². The van der Waals surface area contributed by atoms with Gasteiger partial charge in [0.25, 0.3) is 0 Å². The maximum absolute atomic E-state index is 5.88. The summed E-state index contributed by atoms with van der Waals surface area (Å²) in [6.45, 7) is 19.3. The van der Waals surface area contributed by atoms with Crippen molar-refractivity contribution in [2.75, 3.05) is 41.3 Å². The fourth-order valence-electron chi connectivity index (χ4n) is 6.16. The zero-order valence-electron chi connectivity index (χ0n) is 27.2. The van der Waals surface area contributed by atoms with Gasteiger partial charge in [-0.3, -0.25) is 5.10 Å². The first-order valence-electron chi connectivity index (χ1n) is 16.2. The van der Waals surface area contributed by atoms with Crippen molar-refractivity contribution in [1.29, 1.82) is 0 Å². The molecule has 7 nitrogen and oxygen atoms in total. The highest BCUT2D eigenvalue weighted by atomic mass is 16.3. The summed E-state index contributed by atoms with van der Waals surface area (Å²) in [6.07, 6.45) is 4.13. The van der Waals surface area contributed by atoms with Crippen molar-refractivity contribution in [3.63, 3.8) is 0 Å². The second-order valence-corrected chi connectivity index (χ2v) is 12.0. The van der Waals surface area contributed by atoms with Gasteiger partial charge in [-0.25, -0.2) is 0 Å². The molecule has 1 aliphatic rings. The molecule has 7 heteroatoms. The summed E-state index contributed by atoms with van der Waals surface area (Å²) in [6, 6.07) is 27.8. The largest absolute Gasteiger partial charge is 0.460 e. The maximum atomic E-state index is 5.88. The third kappa shape index (κ3) is 6.89. The molecule has 0 unspecified atom stereocenters. The first-order valence-corrected chi connectivity index (χ1v) is 16.2. The lowest BCUT2D eigenvalue weighted by Crippen LogP contribution is -2.47. The van der Waals surface area contributed by atoms with Crippen LogP contribution in [0.2, 0.25) is 0 Å². The number of piperazine rings is 1. The molecule has 0 aliphatic carbocycles. The molecule has 3 N–H and O–H groups in total. The topological polar surface area (TPSA) is 72.4 Å². The molecule has 0 spiro atoms. The number of nitrogens with one attached hydrogen (secondary N) is 3. The minimum atomic E-state index is 0.578. The van der Waals surface area contributed by atoms with Crippen LogP contribution in [0.15, 0.2) is 103 Å². The summed E-state index contributed by atoms with van der Waals surface area (Å²) in [5.41, 5.74) is 11.9. The highest BCUT2D eigenvalue weighted by Gasteiger charge is 2.22. The molecular formula is C39H44N6O. The summed E-state index contributed by atoms with van der Waals surface area (Å²) >= 11 is 0. The van der Waals surface area contributed by atoms with E-state index in [4.69, 9.17) is 4.42 Å². The fraction of sp³-hybridized carbons (Fsp3) is 0.256. The van der Waals surface area contributed by atoms with Crippen molar-refractivity contribution in [2.24, 2.45) is 0 Å². The van der Waals surface area contributed by atoms with E-state index in [2.05, 4.69) is 124 Å². The molecule has 1 aliphatic heterocycles. The second kappa shape index (κ2) is 13.9. The summed E-state index contributed by atoms with van der Waals surface area (Å²) in [7, 11) is 0. The lowest BCUT2D eigenvalue weighted by molar-refractivity contribution is 0.522. The standard InChI is InChI=1S/C39H44N6O/c1-6-9-31-13-15-32(16-14-31)34-25-41-43-36(34)26-40-29(4)33-17-18-38(35(24-33)42-30(5)39-19-12-28(3)46-39)45-22-20-44(21-23-45)37-11-8-7-10-27(37)2/h7-8,10-19,24-25,40,42H,4-6,9,20-23,26H2,1-3H3,(H,41,43).